The molecule has 1 atom stereocenters. The molecule has 146 valence electrons. The van der Waals surface area contributed by atoms with Crippen LogP contribution in [0.25, 0.3) is 11.3 Å². The molecule has 1 aliphatic heterocycles. The number of nitrogens with zero attached hydrogens (tertiary/aromatic N) is 3. The van der Waals surface area contributed by atoms with Crippen LogP contribution in [0.3, 0.4) is 0 Å². The van der Waals surface area contributed by atoms with Crippen molar-refractivity contribution >= 4 is 5.69 Å². The van der Waals surface area contributed by atoms with E-state index >= 15 is 0 Å². The van der Waals surface area contributed by atoms with E-state index in [1.165, 1.54) is 0 Å². The molecule has 29 heavy (non-hydrogen) atoms. The number of aromatic amines is 1. The number of nitrogens with one attached hydrogen (secondary N) is 1. The van der Waals surface area contributed by atoms with Crippen LogP contribution >= 0.6 is 0 Å². The van der Waals surface area contributed by atoms with Crippen molar-refractivity contribution in [1.82, 2.24) is 10.2 Å². The maximum atomic E-state index is 9.81. The predicted molar refractivity (Wildman–Crippen MR) is 111 cm³/mol. The first-order valence-corrected chi connectivity index (χ1v) is 9.11. The number of rotatable bonds is 4. The van der Waals surface area contributed by atoms with Gasteiger partial charge in [-0.15, -0.1) is 5.10 Å². The second-order valence-corrected chi connectivity index (χ2v) is 6.96. The fourth-order valence-electron chi connectivity index (χ4n) is 3.52. The maximum Gasteiger partial charge on any atom is 0.244 e. The summed E-state index contributed by atoms with van der Waals surface area (Å²) in [5.74, 6) is 0.843. The van der Waals surface area contributed by atoms with Gasteiger partial charge in [-0.3, -0.25) is 5.10 Å². The minimum absolute atomic E-state index is 0.0782. The topological polar surface area (TPSA) is 100 Å². The number of nitriles is 1. The molecule has 1 aliphatic rings. The van der Waals surface area contributed by atoms with E-state index in [1.54, 1.807) is 7.11 Å². The zero-order valence-electron chi connectivity index (χ0n) is 16.4. The van der Waals surface area contributed by atoms with E-state index in [0.717, 1.165) is 33.8 Å². The Kier molecular flexibility index (Phi) is 4.61. The van der Waals surface area contributed by atoms with Gasteiger partial charge in [0, 0.05) is 25.3 Å². The molecule has 0 bridgehead atoms. The van der Waals surface area contributed by atoms with E-state index in [1.807, 2.05) is 67.5 Å². The Balaban J connectivity index is 1.86. The van der Waals surface area contributed by atoms with Crippen LogP contribution in [-0.2, 0) is 0 Å². The quantitative estimate of drug-likeness (QED) is 0.712. The zero-order valence-corrected chi connectivity index (χ0v) is 16.4. The summed E-state index contributed by atoms with van der Waals surface area (Å²) in [5.41, 5.74) is 10.9. The molecule has 2 aromatic carbocycles. The van der Waals surface area contributed by atoms with Crippen molar-refractivity contribution in [2.45, 2.75) is 5.92 Å². The number of H-pyrrole nitrogens is 1. The Morgan fingerprint density at radius 1 is 1.14 bits per heavy atom. The molecule has 1 aromatic heterocycles. The standard InChI is InChI=1S/C22H21N5O2/c1-27(2)15-8-4-13(5-9-15)18-17(12-23)21(24)29-22-19(18)20(25-26-22)14-6-10-16(28-3)11-7-14/h4-11,18H,24H2,1-3H3,(H,25,26). The highest BCUT2D eigenvalue weighted by Gasteiger charge is 2.35. The van der Waals surface area contributed by atoms with Crippen molar-refractivity contribution in [2.75, 3.05) is 26.1 Å². The van der Waals surface area contributed by atoms with Gasteiger partial charge in [-0.2, -0.15) is 5.26 Å². The van der Waals surface area contributed by atoms with Crippen LogP contribution in [0.15, 0.2) is 60.0 Å². The Morgan fingerprint density at radius 3 is 2.41 bits per heavy atom. The molecule has 2 heterocycles. The molecule has 1 unspecified atom stereocenters. The van der Waals surface area contributed by atoms with Gasteiger partial charge >= 0.3 is 0 Å². The minimum atomic E-state index is -0.379. The lowest BCUT2D eigenvalue weighted by Gasteiger charge is -2.24. The fraction of sp³-hybridized carbons (Fsp3) is 0.182. The number of aromatic nitrogens is 2. The second-order valence-electron chi connectivity index (χ2n) is 6.96. The van der Waals surface area contributed by atoms with Crippen LogP contribution in [0.1, 0.15) is 17.0 Å². The number of benzene rings is 2. The number of hydrogen-bond acceptors (Lipinski definition) is 6. The summed E-state index contributed by atoms with van der Waals surface area (Å²) >= 11 is 0. The average Bonchev–Trinajstić information content (AvgIpc) is 3.16. The molecular formula is C22H21N5O2. The van der Waals surface area contributed by atoms with E-state index < -0.39 is 0 Å². The third-order valence-electron chi connectivity index (χ3n) is 5.06. The van der Waals surface area contributed by atoms with E-state index in [4.69, 9.17) is 15.2 Å². The van der Waals surface area contributed by atoms with Gasteiger partial charge in [0.1, 0.15) is 17.4 Å². The lowest BCUT2D eigenvalue weighted by Crippen LogP contribution is -2.21. The molecule has 0 radical (unpaired) electrons. The summed E-state index contributed by atoms with van der Waals surface area (Å²) in [6, 6.07) is 17.9. The van der Waals surface area contributed by atoms with Gasteiger partial charge in [0.25, 0.3) is 0 Å². The van der Waals surface area contributed by atoms with Crippen molar-refractivity contribution < 1.29 is 9.47 Å². The molecule has 3 aromatic rings. The third kappa shape index (κ3) is 3.15. The van der Waals surface area contributed by atoms with Crippen molar-refractivity contribution in [3.63, 3.8) is 0 Å². The normalized spacial score (nSPS) is 15.3. The average molecular weight is 387 g/mol. The molecule has 0 spiro atoms. The van der Waals surface area contributed by atoms with Gasteiger partial charge in [0.05, 0.1) is 24.3 Å². The summed E-state index contributed by atoms with van der Waals surface area (Å²) in [7, 11) is 5.59. The van der Waals surface area contributed by atoms with E-state index in [2.05, 4.69) is 16.3 Å². The smallest absolute Gasteiger partial charge is 0.244 e. The zero-order chi connectivity index (χ0) is 20.5. The van der Waals surface area contributed by atoms with Gasteiger partial charge in [0.15, 0.2) is 0 Å². The van der Waals surface area contributed by atoms with E-state index in [0.29, 0.717) is 11.5 Å². The number of ether oxygens (including phenoxy) is 2. The molecule has 7 nitrogen and oxygen atoms in total. The summed E-state index contributed by atoms with van der Waals surface area (Å²) < 4.78 is 10.9. The van der Waals surface area contributed by atoms with Crippen LogP contribution in [-0.4, -0.2) is 31.4 Å². The van der Waals surface area contributed by atoms with Crippen molar-refractivity contribution in [3.05, 3.63) is 71.1 Å². The summed E-state index contributed by atoms with van der Waals surface area (Å²) in [6.07, 6.45) is 0. The number of allylic oxidation sites excluding steroid dienone is 1. The van der Waals surface area contributed by atoms with Crippen molar-refractivity contribution in [1.29, 1.82) is 5.26 Å². The summed E-state index contributed by atoms with van der Waals surface area (Å²) in [6.45, 7) is 0. The van der Waals surface area contributed by atoms with Gasteiger partial charge in [-0.1, -0.05) is 12.1 Å². The second kappa shape index (κ2) is 7.24. The van der Waals surface area contributed by atoms with Crippen LogP contribution < -0.4 is 20.1 Å². The Hall–Kier alpha value is -3.92. The van der Waals surface area contributed by atoms with Crippen molar-refractivity contribution in [3.8, 4) is 29.0 Å². The minimum Gasteiger partial charge on any atom is -0.497 e. The first kappa shape index (κ1) is 18.4. The first-order chi connectivity index (χ1) is 14.0. The summed E-state index contributed by atoms with van der Waals surface area (Å²) in [4.78, 5) is 2.02. The lowest BCUT2D eigenvalue weighted by atomic mass is 9.83. The van der Waals surface area contributed by atoms with Gasteiger partial charge in [-0.25, -0.2) is 0 Å². The van der Waals surface area contributed by atoms with Crippen LogP contribution in [0, 0.1) is 11.3 Å². The molecule has 0 aliphatic carbocycles. The molecule has 4 rings (SSSR count). The molecule has 3 N–H and O–H groups in total. The SMILES string of the molecule is COc1ccc(-c2[nH]nc3c2C(c2ccc(N(C)C)cc2)C(C#N)=C(N)O3)cc1. The van der Waals surface area contributed by atoms with Gasteiger partial charge in [-0.05, 0) is 42.0 Å². The molecule has 0 amide bonds. The number of methoxy groups -OCH3 is 1. The highest BCUT2D eigenvalue weighted by molar-refractivity contribution is 5.71. The fourth-order valence-corrected chi connectivity index (χ4v) is 3.52. The van der Waals surface area contributed by atoms with E-state index in [-0.39, 0.29) is 11.8 Å². The number of hydrogen-bond donors (Lipinski definition) is 2. The Morgan fingerprint density at radius 2 is 1.83 bits per heavy atom. The number of nitrogens with two attached hydrogens (primary N) is 1. The lowest BCUT2D eigenvalue weighted by molar-refractivity contribution is 0.379. The number of fused-ring (bicyclic) bond motifs is 1. The first-order valence-electron chi connectivity index (χ1n) is 9.11. The van der Waals surface area contributed by atoms with Crippen molar-refractivity contribution in [2.24, 2.45) is 5.73 Å². The maximum absolute atomic E-state index is 9.81. The monoisotopic (exact) mass is 387 g/mol. The van der Waals surface area contributed by atoms with Crippen LogP contribution in [0.4, 0.5) is 5.69 Å². The predicted octanol–water partition coefficient (Wildman–Crippen LogP) is 3.37. The molecule has 0 fully saturated rings. The molecule has 7 heteroatoms. The van der Waals surface area contributed by atoms with Gasteiger partial charge in [0.2, 0.25) is 11.8 Å². The molecule has 0 saturated carbocycles. The Bertz CT molecular complexity index is 1110. The largest absolute Gasteiger partial charge is 0.497 e. The van der Waals surface area contributed by atoms with Crippen LogP contribution in [0.5, 0.6) is 11.6 Å². The highest BCUT2D eigenvalue weighted by Crippen LogP contribution is 2.45. The van der Waals surface area contributed by atoms with Gasteiger partial charge < -0.3 is 20.1 Å². The molecule has 0 saturated heterocycles. The number of anilines is 1. The Labute approximate surface area is 169 Å². The third-order valence-corrected chi connectivity index (χ3v) is 5.06. The highest BCUT2D eigenvalue weighted by atomic mass is 16.5. The summed E-state index contributed by atoms with van der Waals surface area (Å²) in [5, 5.41) is 17.2. The van der Waals surface area contributed by atoms with Crippen LogP contribution in [0.2, 0.25) is 0 Å². The molecular weight excluding hydrogens is 366 g/mol. The van der Waals surface area contributed by atoms with E-state index in [9.17, 15) is 5.26 Å².